The van der Waals surface area contributed by atoms with Crippen LogP contribution in [-0.4, -0.2) is 55.9 Å². The smallest absolute Gasteiger partial charge is 0.243 e. The van der Waals surface area contributed by atoms with Gasteiger partial charge in [-0.05, 0) is 68.9 Å². The molecule has 2 aliphatic heterocycles. The molecule has 0 atom stereocenters. The summed E-state index contributed by atoms with van der Waals surface area (Å²) in [4.78, 5) is 2.88. The molecule has 7 heteroatoms. The van der Waals surface area contributed by atoms with Crippen molar-refractivity contribution in [3.63, 3.8) is 0 Å². The minimum Gasteiger partial charge on any atom is -0.487 e. The average molecular weight is 447 g/mol. The monoisotopic (exact) mass is 446 g/mol. The zero-order valence-corrected chi connectivity index (χ0v) is 19.1. The van der Waals surface area contributed by atoms with E-state index >= 15 is 0 Å². The normalized spacial score (nSPS) is 20.1. The fourth-order valence-corrected chi connectivity index (χ4v) is 6.43. The first-order valence-corrected chi connectivity index (χ1v) is 12.5. The van der Waals surface area contributed by atoms with Gasteiger partial charge < -0.3 is 9.64 Å². The topological polar surface area (TPSA) is 49.9 Å². The van der Waals surface area contributed by atoms with E-state index in [-0.39, 0.29) is 11.9 Å². The predicted molar refractivity (Wildman–Crippen MR) is 119 cm³/mol. The van der Waals surface area contributed by atoms with E-state index in [4.69, 9.17) is 4.74 Å². The number of likely N-dealkylation sites (tertiary alicyclic amines) is 1. The summed E-state index contributed by atoms with van der Waals surface area (Å²) in [5.74, 6) is 0.00765. The third kappa shape index (κ3) is 4.94. The highest BCUT2D eigenvalue weighted by Crippen LogP contribution is 2.28. The quantitative estimate of drug-likeness (QED) is 0.693. The number of para-hydroxylation sites is 1. The van der Waals surface area contributed by atoms with Gasteiger partial charge in [0.15, 0.2) is 11.6 Å². The molecule has 2 aromatic carbocycles. The first-order chi connectivity index (χ1) is 14.8. The lowest BCUT2D eigenvalue weighted by molar-refractivity contribution is 0.0568. The number of sulfonamides is 1. The van der Waals surface area contributed by atoms with Crippen LogP contribution in [0.15, 0.2) is 47.4 Å². The van der Waals surface area contributed by atoms with Crippen molar-refractivity contribution in [2.24, 2.45) is 0 Å². The summed E-state index contributed by atoms with van der Waals surface area (Å²) in [6.07, 6.45) is 3.41. The van der Waals surface area contributed by atoms with Gasteiger partial charge >= 0.3 is 0 Å². The highest BCUT2D eigenvalue weighted by molar-refractivity contribution is 7.89. The Morgan fingerprint density at radius 1 is 0.935 bits per heavy atom. The van der Waals surface area contributed by atoms with Crippen LogP contribution in [0.4, 0.5) is 4.39 Å². The van der Waals surface area contributed by atoms with E-state index in [1.165, 1.54) is 6.07 Å². The molecular weight excluding hydrogens is 415 g/mol. The van der Waals surface area contributed by atoms with Crippen molar-refractivity contribution < 1.29 is 17.5 Å². The molecule has 2 aromatic rings. The van der Waals surface area contributed by atoms with Gasteiger partial charge in [0.2, 0.25) is 10.0 Å². The molecule has 4 rings (SSSR count). The maximum Gasteiger partial charge on any atom is 0.243 e. The van der Waals surface area contributed by atoms with E-state index in [0.29, 0.717) is 29.8 Å². The van der Waals surface area contributed by atoms with Crippen molar-refractivity contribution >= 4 is 10.0 Å². The lowest BCUT2D eigenvalue weighted by Crippen LogP contribution is -2.50. The summed E-state index contributed by atoms with van der Waals surface area (Å²) < 4.78 is 47.6. The van der Waals surface area contributed by atoms with E-state index < -0.39 is 10.0 Å². The predicted octanol–water partition coefficient (Wildman–Crippen LogP) is 4.14. The van der Waals surface area contributed by atoms with Crippen LogP contribution in [-0.2, 0) is 10.0 Å². The second kappa shape index (κ2) is 9.27. The summed E-state index contributed by atoms with van der Waals surface area (Å²) in [6, 6.07) is 12.5. The molecule has 0 aromatic heterocycles. The lowest BCUT2D eigenvalue weighted by atomic mass is 10.00. The van der Waals surface area contributed by atoms with Crippen LogP contribution in [0, 0.1) is 19.7 Å². The molecule has 0 N–H and O–H groups in total. The first-order valence-electron chi connectivity index (χ1n) is 11.1. The Morgan fingerprint density at radius 3 is 2.29 bits per heavy atom. The van der Waals surface area contributed by atoms with Crippen LogP contribution in [0.5, 0.6) is 5.75 Å². The second-order valence-electron chi connectivity index (χ2n) is 8.69. The maximum absolute atomic E-state index is 13.8. The molecule has 0 saturated carbocycles. The fraction of sp³-hybridized carbons (Fsp3) is 0.500. The minimum atomic E-state index is -3.46. The molecule has 0 aliphatic carbocycles. The molecule has 0 spiro atoms. The molecule has 0 unspecified atom stereocenters. The first kappa shape index (κ1) is 22.2. The molecule has 2 aliphatic rings. The molecule has 0 bridgehead atoms. The number of hydrogen-bond donors (Lipinski definition) is 0. The van der Waals surface area contributed by atoms with E-state index in [1.807, 2.05) is 26.0 Å². The molecule has 2 fully saturated rings. The van der Waals surface area contributed by atoms with E-state index in [2.05, 4.69) is 4.90 Å². The minimum absolute atomic E-state index is 0.0258. The van der Waals surface area contributed by atoms with Crippen LogP contribution < -0.4 is 4.74 Å². The van der Waals surface area contributed by atoms with Crippen molar-refractivity contribution in [1.82, 2.24) is 9.21 Å². The molecule has 5 nitrogen and oxygen atoms in total. The molecule has 168 valence electrons. The van der Waals surface area contributed by atoms with Gasteiger partial charge in [0.1, 0.15) is 6.10 Å². The Bertz CT molecular complexity index is 1010. The van der Waals surface area contributed by atoms with E-state index in [0.717, 1.165) is 49.9 Å². The molecule has 0 amide bonds. The third-order valence-corrected chi connectivity index (χ3v) is 8.55. The van der Waals surface area contributed by atoms with Gasteiger partial charge in [-0.15, -0.1) is 0 Å². The highest BCUT2D eigenvalue weighted by atomic mass is 32.2. The number of benzene rings is 2. The Hall–Kier alpha value is -1.96. The number of piperidine rings is 2. The van der Waals surface area contributed by atoms with Gasteiger partial charge in [-0.3, -0.25) is 0 Å². The molecule has 2 heterocycles. The molecular formula is C24H31FN2O3S. The third-order valence-electron chi connectivity index (χ3n) is 6.51. The summed E-state index contributed by atoms with van der Waals surface area (Å²) in [5, 5.41) is 0. The molecule has 0 radical (unpaired) electrons. The molecule has 2 saturated heterocycles. The van der Waals surface area contributed by atoms with Gasteiger partial charge in [0.05, 0.1) is 4.90 Å². The Kier molecular flexibility index (Phi) is 6.65. The van der Waals surface area contributed by atoms with Crippen LogP contribution >= 0.6 is 0 Å². The Labute approximate surface area is 184 Å². The van der Waals surface area contributed by atoms with E-state index in [9.17, 15) is 12.8 Å². The number of nitrogens with zero attached hydrogens (tertiary/aromatic N) is 2. The van der Waals surface area contributed by atoms with Gasteiger partial charge in [-0.2, -0.15) is 4.31 Å². The van der Waals surface area contributed by atoms with Gasteiger partial charge in [-0.1, -0.05) is 24.3 Å². The lowest BCUT2D eigenvalue weighted by Gasteiger charge is -2.41. The van der Waals surface area contributed by atoms with Crippen LogP contribution in [0.2, 0.25) is 0 Å². The standard InChI is InChI=1S/C24H31FN2O3S/c1-18-7-8-19(2)24(17-18)31(28,29)27-15-9-20(10-16-27)26-13-11-21(12-14-26)30-23-6-4-3-5-22(23)25/h3-8,17,20-21H,9-16H2,1-2H3. The average Bonchev–Trinajstić information content (AvgIpc) is 2.77. The van der Waals surface area contributed by atoms with Crippen molar-refractivity contribution in [1.29, 1.82) is 0 Å². The van der Waals surface area contributed by atoms with Gasteiger partial charge in [0, 0.05) is 32.2 Å². The highest BCUT2D eigenvalue weighted by Gasteiger charge is 2.34. The number of rotatable bonds is 5. The Morgan fingerprint density at radius 2 is 1.61 bits per heavy atom. The summed E-state index contributed by atoms with van der Waals surface area (Å²) in [7, 11) is -3.46. The van der Waals surface area contributed by atoms with Crippen LogP contribution in [0.3, 0.4) is 0 Å². The fourth-order valence-electron chi connectivity index (χ4n) is 4.65. The summed E-state index contributed by atoms with van der Waals surface area (Å²) >= 11 is 0. The van der Waals surface area contributed by atoms with Gasteiger partial charge in [0.25, 0.3) is 0 Å². The maximum atomic E-state index is 13.8. The van der Waals surface area contributed by atoms with Crippen LogP contribution in [0.1, 0.15) is 36.8 Å². The van der Waals surface area contributed by atoms with Crippen molar-refractivity contribution in [2.45, 2.75) is 56.6 Å². The van der Waals surface area contributed by atoms with Gasteiger partial charge in [-0.25, -0.2) is 12.8 Å². The second-order valence-corrected chi connectivity index (χ2v) is 10.6. The van der Waals surface area contributed by atoms with Crippen LogP contribution in [0.25, 0.3) is 0 Å². The summed E-state index contributed by atoms with van der Waals surface area (Å²) in [6.45, 7) is 6.66. The Balaban J connectivity index is 1.30. The van der Waals surface area contributed by atoms with E-state index in [1.54, 1.807) is 28.6 Å². The molecule has 31 heavy (non-hydrogen) atoms. The largest absolute Gasteiger partial charge is 0.487 e. The van der Waals surface area contributed by atoms with Crippen molar-refractivity contribution in [3.05, 3.63) is 59.4 Å². The number of ether oxygens (including phenoxy) is 1. The number of aryl methyl sites for hydroxylation is 2. The number of halogens is 1. The summed E-state index contributed by atoms with van der Waals surface area (Å²) in [5.41, 5.74) is 1.75. The zero-order valence-electron chi connectivity index (χ0n) is 18.3. The van der Waals surface area contributed by atoms with Crippen molar-refractivity contribution in [3.8, 4) is 5.75 Å². The van der Waals surface area contributed by atoms with Crippen molar-refractivity contribution in [2.75, 3.05) is 26.2 Å². The number of hydrogen-bond acceptors (Lipinski definition) is 4. The zero-order chi connectivity index (χ0) is 22.0. The SMILES string of the molecule is Cc1ccc(C)c(S(=O)(=O)N2CCC(N3CCC(Oc4ccccc4F)CC3)CC2)c1.